The van der Waals surface area contributed by atoms with E-state index in [0.29, 0.717) is 31.1 Å². The molecule has 22 heavy (non-hydrogen) atoms. The minimum Gasteiger partial charge on any atom is -0.548 e. The van der Waals surface area contributed by atoms with Gasteiger partial charge in [-0.05, 0) is 18.1 Å². The lowest BCUT2D eigenvalue weighted by Crippen LogP contribution is -2.51. The van der Waals surface area contributed by atoms with Crippen LogP contribution in [0.3, 0.4) is 0 Å². The highest BCUT2D eigenvalue weighted by atomic mass is 32.2. The molecule has 1 aliphatic rings. The molecule has 0 saturated carbocycles. The molecule has 0 spiro atoms. The van der Waals surface area contributed by atoms with Gasteiger partial charge in [-0.2, -0.15) is 0 Å². The molecule has 0 bridgehead atoms. The Balaban J connectivity index is 2.28. The van der Waals surface area contributed by atoms with E-state index >= 15 is 0 Å². The van der Waals surface area contributed by atoms with E-state index in [9.17, 15) is 18.3 Å². The summed E-state index contributed by atoms with van der Waals surface area (Å²) in [5, 5.41) is 11.2. The summed E-state index contributed by atoms with van der Waals surface area (Å²) in [4.78, 5) is 11.1. The van der Waals surface area contributed by atoms with Gasteiger partial charge in [0.25, 0.3) is 0 Å². The summed E-state index contributed by atoms with van der Waals surface area (Å²) in [6, 6.07) is 2.86. The van der Waals surface area contributed by atoms with E-state index in [1.165, 1.54) is 18.2 Å². The third kappa shape index (κ3) is 3.50. The monoisotopic (exact) mass is 328 g/mol. The van der Waals surface area contributed by atoms with Crippen molar-refractivity contribution in [3.8, 4) is 11.5 Å². The molecule has 2 rings (SSSR count). The highest BCUT2D eigenvalue weighted by Crippen LogP contribution is 2.32. The number of carboxylic acid groups (broad SMARTS) is 1. The SMILES string of the molecule is CC[C@H](C)[C@@H](NS(=O)(=O)c1ccc2c(c1)OCCO2)C(=O)[O-]. The van der Waals surface area contributed by atoms with E-state index in [0.717, 1.165) is 0 Å². The number of rotatable bonds is 6. The zero-order valence-electron chi connectivity index (χ0n) is 12.4. The van der Waals surface area contributed by atoms with Gasteiger partial charge in [-0.25, -0.2) is 13.1 Å². The molecule has 0 radical (unpaired) electrons. The summed E-state index contributed by atoms with van der Waals surface area (Å²) in [6.45, 7) is 4.16. The van der Waals surface area contributed by atoms with Gasteiger partial charge in [-0.1, -0.05) is 20.3 Å². The maximum absolute atomic E-state index is 12.4. The van der Waals surface area contributed by atoms with Crippen molar-refractivity contribution in [3.05, 3.63) is 18.2 Å². The van der Waals surface area contributed by atoms with Crippen LogP contribution < -0.4 is 19.3 Å². The Labute approximate surface area is 129 Å². The number of fused-ring (bicyclic) bond motifs is 1. The first-order valence-electron chi connectivity index (χ1n) is 6.98. The van der Waals surface area contributed by atoms with Gasteiger partial charge in [0.2, 0.25) is 10.0 Å². The molecular formula is C14H18NO6S-. The number of ether oxygens (including phenoxy) is 2. The Morgan fingerprint density at radius 3 is 2.55 bits per heavy atom. The van der Waals surface area contributed by atoms with E-state index in [4.69, 9.17) is 9.47 Å². The first-order chi connectivity index (χ1) is 10.3. The molecule has 1 aromatic rings. The minimum atomic E-state index is -4.00. The molecular weight excluding hydrogens is 310 g/mol. The standard InChI is InChI=1S/C14H19NO6S/c1-3-9(2)13(14(16)17)15-22(18,19)10-4-5-11-12(8-10)21-7-6-20-11/h4-5,8-9,13,15H,3,6-7H2,1-2H3,(H,16,17)/p-1/t9-,13+/m0/s1. The molecule has 0 amide bonds. The third-order valence-electron chi connectivity index (χ3n) is 3.57. The average Bonchev–Trinajstić information content (AvgIpc) is 2.51. The zero-order valence-corrected chi connectivity index (χ0v) is 13.2. The van der Waals surface area contributed by atoms with Gasteiger partial charge in [0.05, 0.1) is 16.9 Å². The van der Waals surface area contributed by atoms with Crippen molar-refractivity contribution >= 4 is 16.0 Å². The Kier molecular flexibility index (Phi) is 4.92. The summed E-state index contributed by atoms with van der Waals surface area (Å²) < 4.78 is 37.5. The zero-order chi connectivity index (χ0) is 16.3. The topological polar surface area (TPSA) is 105 Å². The van der Waals surface area contributed by atoms with Crippen LogP contribution in [0.4, 0.5) is 0 Å². The predicted molar refractivity (Wildman–Crippen MR) is 76.0 cm³/mol. The smallest absolute Gasteiger partial charge is 0.241 e. The highest BCUT2D eigenvalue weighted by molar-refractivity contribution is 7.89. The number of carbonyl (C=O) groups is 1. The van der Waals surface area contributed by atoms with Crippen LogP contribution in [0.15, 0.2) is 23.1 Å². The van der Waals surface area contributed by atoms with Crippen LogP contribution in [0.2, 0.25) is 0 Å². The molecule has 7 nitrogen and oxygen atoms in total. The van der Waals surface area contributed by atoms with Crippen molar-refractivity contribution < 1.29 is 27.8 Å². The molecule has 1 N–H and O–H groups in total. The molecule has 0 fully saturated rings. The van der Waals surface area contributed by atoms with Crippen LogP contribution in [0.5, 0.6) is 11.5 Å². The maximum Gasteiger partial charge on any atom is 0.241 e. The second kappa shape index (κ2) is 6.53. The number of sulfonamides is 1. The van der Waals surface area contributed by atoms with E-state index in [1.807, 2.05) is 0 Å². The first kappa shape index (κ1) is 16.6. The van der Waals surface area contributed by atoms with Crippen molar-refractivity contribution in [1.82, 2.24) is 4.72 Å². The number of benzene rings is 1. The van der Waals surface area contributed by atoms with Crippen LogP contribution in [0.25, 0.3) is 0 Å². The fourth-order valence-electron chi connectivity index (χ4n) is 2.06. The Morgan fingerprint density at radius 1 is 1.32 bits per heavy atom. The molecule has 0 unspecified atom stereocenters. The summed E-state index contributed by atoms with van der Waals surface area (Å²) in [5.74, 6) is -1.06. The molecule has 1 aliphatic heterocycles. The Morgan fingerprint density at radius 2 is 1.95 bits per heavy atom. The van der Waals surface area contributed by atoms with Crippen molar-refractivity contribution in [2.75, 3.05) is 13.2 Å². The van der Waals surface area contributed by atoms with E-state index < -0.39 is 28.0 Å². The predicted octanol–water partition coefficient (Wildman–Crippen LogP) is -0.0993. The fourth-order valence-corrected chi connectivity index (χ4v) is 3.37. The maximum atomic E-state index is 12.4. The lowest BCUT2D eigenvalue weighted by atomic mass is 10.0. The largest absolute Gasteiger partial charge is 0.548 e. The van der Waals surface area contributed by atoms with E-state index in [2.05, 4.69) is 4.72 Å². The lowest BCUT2D eigenvalue weighted by Gasteiger charge is -2.25. The number of hydrogen-bond donors (Lipinski definition) is 1. The molecule has 0 aromatic heterocycles. The minimum absolute atomic E-state index is 0.0775. The normalized spacial score (nSPS) is 16.8. The van der Waals surface area contributed by atoms with Crippen LogP contribution in [-0.2, 0) is 14.8 Å². The van der Waals surface area contributed by atoms with Gasteiger partial charge >= 0.3 is 0 Å². The molecule has 122 valence electrons. The molecule has 0 saturated heterocycles. The summed E-state index contributed by atoms with van der Waals surface area (Å²) >= 11 is 0. The van der Waals surface area contributed by atoms with Gasteiger partial charge < -0.3 is 19.4 Å². The van der Waals surface area contributed by atoms with Crippen molar-refractivity contribution in [3.63, 3.8) is 0 Å². The van der Waals surface area contributed by atoms with Crippen LogP contribution in [0, 0.1) is 5.92 Å². The Hall–Kier alpha value is -1.80. The fraction of sp³-hybridized carbons (Fsp3) is 0.500. The number of aliphatic carboxylic acids is 1. The second-order valence-corrected chi connectivity index (χ2v) is 6.82. The number of nitrogens with one attached hydrogen (secondary N) is 1. The van der Waals surface area contributed by atoms with Gasteiger partial charge in [0.15, 0.2) is 11.5 Å². The van der Waals surface area contributed by atoms with Crippen molar-refractivity contribution in [1.29, 1.82) is 0 Å². The van der Waals surface area contributed by atoms with Crippen LogP contribution in [0.1, 0.15) is 20.3 Å². The van der Waals surface area contributed by atoms with E-state index in [-0.39, 0.29) is 4.90 Å². The van der Waals surface area contributed by atoms with Gasteiger partial charge in [0, 0.05) is 6.07 Å². The number of hydrogen-bond acceptors (Lipinski definition) is 6. The third-order valence-corrected chi connectivity index (χ3v) is 5.01. The average molecular weight is 328 g/mol. The summed E-state index contributed by atoms with van der Waals surface area (Å²) in [5.41, 5.74) is 0. The van der Waals surface area contributed by atoms with Crippen molar-refractivity contribution in [2.45, 2.75) is 31.2 Å². The molecule has 0 aliphatic carbocycles. The summed E-state index contributed by atoms with van der Waals surface area (Å²) in [7, 11) is -4.00. The molecule has 1 aromatic carbocycles. The molecule has 1 heterocycles. The molecule has 2 atom stereocenters. The van der Waals surface area contributed by atoms with Gasteiger partial charge in [-0.15, -0.1) is 0 Å². The van der Waals surface area contributed by atoms with Crippen molar-refractivity contribution in [2.24, 2.45) is 5.92 Å². The first-order valence-corrected chi connectivity index (χ1v) is 8.46. The van der Waals surface area contributed by atoms with Gasteiger partial charge in [0.1, 0.15) is 13.2 Å². The lowest BCUT2D eigenvalue weighted by molar-refractivity contribution is -0.309. The quantitative estimate of drug-likeness (QED) is 0.782. The second-order valence-electron chi connectivity index (χ2n) is 5.11. The summed E-state index contributed by atoms with van der Waals surface area (Å²) in [6.07, 6.45) is 0.502. The molecule has 8 heteroatoms. The number of carboxylic acids is 1. The highest BCUT2D eigenvalue weighted by Gasteiger charge is 2.26. The van der Waals surface area contributed by atoms with Gasteiger partial charge in [-0.3, -0.25) is 0 Å². The van der Waals surface area contributed by atoms with Crippen LogP contribution in [-0.4, -0.2) is 33.6 Å². The number of carbonyl (C=O) groups excluding carboxylic acids is 1. The Bertz CT molecular complexity index is 657. The van der Waals surface area contributed by atoms with Crippen LogP contribution >= 0.6 is 0 Å². The van der Waals surface area contributed by atoms with E-state index in [1.54, 1.807) is 13.8 Å².